The minimum atomic E-state index is 0.0474. The summed E-state index contributed by atoms with van der Waals surface area (Å²) in [5, 5.41) is 1.37. The lowest BCUT2D eigenvalue weighted by Crippen LogP contribution is -2.48. The van der Waals surface area contributed by atoms with Gasteiger partial charge in [-0.25, -0.2) is 0 Å². The molecule has 0 bridgehead atoms. The Morgan fingerprint density at radius 1 is 0.794 bits per heavy atom. The molecule has 1 saturated heterocycles. The summed E-state index contributed by atoms with van der Waals surface area (Å²) < 4.78 is 2.09. The highest BCUT2D eigenvalue weighted by atomic mass is 35.5. The Morgan fingerprint density at radius 3 is 2.21 bits per heavy atom. The normalized spacial score (nSPS) is 13.9. The first-order valence-corrected chi connectivity index (χ1v) is 12.1. The highest BCUT2D eigenvalue weighted by Crippen LogP contribution is 2.33. The van der Waals surface area contributed by atoms with E-state index in [0.717, 1.165) is 46.4 Å². The average Bonchev–Trinajstić information content (AvgIpc) is 3.21. The predicted molar refractivity (Wildman–Crippen MR) is 141 cm³/mol. The Kier molecular flexibility index (Phi) is 6.36. The number of amides is 1. The van der Waals surface area contributed by atoms with Crippen molar-refractivity contribution in [1.29, 1.82) is 0 Å². The monoisotopic (exact) mass is 489 g/mol. The molecule has 6 heteroatoms. The molecular formula is C28H25Cl2N3O. The largest absolute Gasteiger partial charge is 0.368 e. The number of anilines is 1. The zero-order valence-corrected chi connectivity index (χ0v) is 20.4. The highest BCUT2D eigenvalue weighted by Gasteiger charge is 2.27. The van der Waals surface area contributed by atoms with Crippen LogP contribution in [-0.2, 0) is 0 Å². The number of hydrogen-bond donors (Lipinski definition) is 0. The first-order chi connectivity index (χ1) is 16.5. The van der Waals surface area contributed by atoms with Crippen LogP contribution in [0.4, 0.5) is 5.69 Å². The van der Waals surface area contributed by atoms with Crippen molar-refractivity contribution >= 4 is 34.8 Å². The molecule has 1 fully saturated rings. The molecule has 1 aliphatic rings. The summed E-state index contributed by atoms with van der Waals surface area (Å²) in [5.74, 6) is 0.0474. The number of benzene rings is 3. The highest BCUT2D eigenvalue weighted by molar-refractivity contribution is 6.32. The Hall–Kier alpha value is -3.21. The van der Waals surface area contributed by atoms with Gasteiger partial charge in [-0.15, -0.1) is 0 Å². The summed E-state index contributed by atoms with van der Waals surface area (Å²) in [5.41, 5.74) is 5.53. The van der Waals surface area contributed by atoms with Gasteiger partial charge in [0.1, 0.15) is 0 Å². The van der Waals surface area contributed by atoms with E-state index in [0.29, 0.717) is 23.7 Å². The van der Waals surface area contributed by atoms with Crippen LogP contribution in [-0.4, -0.2) is 41.6 Å². The van der Waals surface area contributed by atoms with Crippen LogP contribution in [0.5, 0.6) is 0 Å². The van der Waals surface area contributed by atoms with Crippen LogP contribution in [0.15, 0.2) is 84.9 Å². The number of nitrogens with zero attached hydrogens (tertiary/aromatic N) is 3. The van der Waals surface area contributed by atoms with Crippen molar-refractivity contribution in [1.82, 2.24) is 9.47 Å². The first-order valence-electron chi connectivity index (χ1n) is 11.4. The standard InChI is InChI=1S/C28H25Cl2N3O/c1-20-24(28(34)32-16-14-31(15-17-32)23-11-7-10-22(29)18-23)19-27(21-8-3-2-4-9-21)33(20)26-13-6-5-12-25(26)30/h2-13,18-19H,14-17H2,1H3. The molecule has 0 atom stereocenters. The second kappa shape index (κ2) is 9.57. The zero-order chi connectivity index (χ0) is 23.7. The van der Waals surface area contributed by atoms with E-state index in [9.17, 15) is 4.79 Å². The number of carbonyl (C=O) groups is 1. The molecule has 1 aromatic heterocycles. The van der Waals surface area contributed by atoms with Gasteiger partial charge in [0.25, 0.3) is 5.91 Å². The van der Waals surface area contributed by atoms with Crippen molar-refractivity contribution in [2.45, 2.75) is 6.92 Å². The maximum absolute atomic E-state index is 13.7. The Balaban J connectivity index is 1.46. The third-order valence-electron chi connectivity index (χ3n) is 6.38. The van der Waals surface area contributed by atoms with Crippen molar-refractivity contribution in [2.24, 2.45) is 0 Å². The number of aromatic nitrogens is 1. The van der Waals surface area contributed by atoms with E-state index in [4.69, 9.17) is 23.2 Å². The number of para-hydroxylation sites is 1. The van der Waals surface area contributed by atoms with Gasteiger partial charge >= 0.3 is 0 Å². The average molecular weight is 490 g/mol. The van der Waals surface area contributed by atoms with Gasteiger partial charge in [0.2, 0.25) is 0 Å². The molecule has 3 aromatic carbocycles. The fourth-order valence-electron chi connectivity index (χ4n) is 4.60. The van der Waals surface area contributed by atoms with Crippen molar-refractivity contribution in [3.63, 3.8) is 0 Å². The van der Waals surface area contributed by atoms with Gasteiger partial charge in [-0.3, -0.25) is 4.79 Å². The quantitative estimate of drug-likeness (QED) is 0.318. The summed E-state index contributed by atoms with van der Waals surface area (Å²) in [4.78, 5) is 17.9. The smallest absolute Gasteiger partial charge is 0.255 e. The molecule has 0 radical (unpaired) electrons. The summed E-state index contributed by atoms with van der Waals surface area (Å²) >= 11 is 12.7. The van der Waals surface area contributed by atoms with E-state index < -0.39 is 0 Å². The molecule has 4 aromatic rings. The third-order valence-corrected chi connectivity index (χ3v) is 6.94. The Morgan fingerprint density at radius 2 is 1.50 bits per heavy atom. The summed E-state index contributed by atoms with van der Waals surface area (Å²) in [6.07, 6.45) is 0. The molecule has 0 spiro atoms. The maximum atomic E-state index is 13.7. The van der Waals surface area contributed by atoms with E-state index >= 15 is 0 Å². The van der Waals surface area contributed by atoms with Crippen LogP contribution in [0.25, 0.3) is 16.9 Å². The lowest BCUT2D eigenvalue weighted by Gasteiger charge is -2.36. The van der Waals surface area contributed by atoms with Gasteiger partial charge in [-0.05, 0) is 48.9 Å². The number of halogens is 2. The van der Waals surface area contributed by atoms with Crippen molar-refractivity contribution < 1.29 is 4.79 Å². The second-order valence-corrected chi connectivity index (χ2v) is 9.28. The molecule has 0 N–H and O–H groups in total. The first kappa shape index (κ1) is 22.6. The van der Waals surface area contributed by atoms with E-state index in [1.54, 1.807) is 0 Å². The zero-order valence-electron chi connectivity index (χ0n) is 18.9. The van der Waals surface area contributed by atoms with Crippen LogP contribution < -0.4 is 4.90 Å². The lowest BCUT2D eigenvalue weighted by molar-refractivity contribution is 0.0746. The van der Waals surface area contributed by atoms with Crippen molar-refractivity contribution in [3.8, 4) is 16.9 Å². The van der Waals surface area contributed by atoms with Crippen molar-refractivity contribution in [2.75, 3.05) is 31.1 Å². The molecule has 34 heavy (non-hydrogen) atoms. The lowest BCUT2D eigenvalue weighted by atomic mass is 10.1. The topological polar surface area (TPSA) is 28.5 Å². The molecule has 5 rings (SSSR count). The minimum Gasteiger partial charge on any atom is -0.368 e. The second-order valence-electron chi connectivity index (χ2n) is 8.44. The molecular weight excluding hydrogens is 465 g/mol. The predicted octanol–water partition coefficient (Wildman–Crippen LogP) is 6.72. The summed E-state index contributed by atoms with van der Waals surface area (Å²) in [7, 11) is 0. The fourth-order valence-corrected chi connectivity index (χ4v) is 5.00. The molecule has 172 valence electrons. The third kappa shape index (κ3) is 4.31. The molecule has 1 aliphatic heterocycles. The van der Waals surface area contributed by atoms with Gasteiger partial charge in [-0.1, -0.05) is 71.7 Å². The maximum Gasteiger partial charge on any atom is 0.255 e. The van der Waals surface area contributed by atoms with Gasteiger partial charge < -0.3 is 14.4 Å². The molecule has 4 nitrogen and oxygen atoms in total. The van der Waals surface area contributed by atoms with Crippen molar-refractivity contribution in [3.05, 3.63) is 106 Å². The van der Waals surface area contributed by atoms with Gasteiger partial charge in [0.05, 0.1) is 22.0 Å². The van der Waals surface area contributed by atoms with E-state index in [1.807, 2.05) is 78.6 Å². The Bertz CT molecular complexity index is 1320. The van der Waals surface area contributed by atoms with Gasteiger partial charge in [0, 0.05) is 42.6 Å². The molecule has 1 amide bonds. The van der Waals surface area contributed by atoms with Crippen LogP contribution in [0.3, 0.4) is 0 Å². The van der Waals surface area contributed by atoms with E-state index in [2.05, 4.69) is 27.7 Å². The number of carbonyl (C=O) groups excluding carboxylic acids is 1. The summed E-state index contributed by atoms with van der Waals surface area (Å²) in [6.45, 7) is 4.83. The van der Waals surface area contributed by atoms with Gasteiger partial charge in [0.15, 0.2) is 0 Å². The molecule has 0 saturated carbocycles. The van der Waals surface area contributed by atoms with E-state index in [-0.39, 0.29) is 5.91 Å². The van der Waals surface area contributed by atoms with E-state index in [1.165, 1.54) is 0 Å². The van der Waals surface area contributed by atoms with Gasteiger partial charge in [-0.2, -0.15) is 0 Å². The number of rotatable bonds is 4. The SMILES string of the molecule is Cc1c(C(=O)N2CCN(c3cccc(Cl)c3)CC2)cc(-c2ccccc2)n1-c1ccccc1Cl. The number of hydrogen-bond acceptors (Lipinski definition) is 2. The molecule has 2 heterocycles. The molecule has 0 aliphatic carbocycles. The van der Waals surface area contributed by atoms with Crippen LogP contribution in [0.2, 0.25) is 10.0 Å². The fraction of sp³-hybridized carbons (Fsp3) is 0.179. The van der Waals surface area contributed by atoms with Crippen LogP contribution in [0.1, 0.15) is 16.1 Å². The van der Waals surface area contributed by atoms with Crippen LogP contribution >= 0.6 is 23.2 Å². The Labute approximate surface area is 209 Å². The van der Waals surface area contributed by atoms with Crippen LogP contribution in [0, 0.1) is 6.92 Å². The summed E-state index contributed by atoms with van der Waals surface area (Å²) in [6, 6.07) is 27.7. The minimum absolute atomic E-state index is 0.0474. The molecule has 0 unspecified atom stereocenters. The number of piperazine rings is 1.